The van der Waals surface area contributed by atoms with Crippen molar-refractivity contribution in [2.24, 2.45) is 5.92 Å². The van der Waals surface area contributed by atoms with Crippen molar-refractivity contribution in [3.05, 3.63) is 35.9 Å². The first kappa shape index (κ1) is 8.94. The molecule has 0 aliphatic carbocycles. The Morgan fingerprint density at radius 3 is 2.50 bits per heavy atom. The van der Waals surface area contributed by atoms with Gasteiger partial charge in [-0.2, -0.15) is 0 Å². The molecule has 0 amide bonds. The number of carbonyl (C=O) groups excluding carboxylic acids is 1. The molecule has 0 spiro atoms. The minimum atomic E-state index is -0.299. The molecule has 0 aliphatic rings. The van der Waals surface area contributed by atoms with Crippen LogP contribution in [0.4, 0.5) is 0 Å². The molecule has 2 heteroatoms. The summed E-state index contributed by atoms with van der Waals surface area (Å²) in [7, 11) is 0. The molecule has 0 aromatic heterocycles. The summed E-state index contributed by atoms with van der Waals surface area (Å²) in [5, 5.41) is 8.75. The molecule has 1 aromatic carbocycles. The Bertz CT molecular complexity index is 254. The number of hydrogen-bond donors (Lipinski definition) is 1. The van der Waals surface area contributed by atoms with Gasteiger partial charge in [-0.1, -0.05) is 37.3 Å². The summed E-state index contributed by atoms with van der Waals surface area (Å²) in [4.78, 5) is 11.4. The standard InChI is InChI=1S/C10H12O2/c1-8(7-11)10(12)9-5-3-2-4-6-9/h2-6,8,11H,7H2,1H3/t8-/m0/s1. The number of Topliss-reactive ketones (excluding diaryl/α,β-unsaturated/α-hetero) is 1. The van der Waals surface area contributed by atoms with Crippen LogP contribution >= 0.6 is 0 Å². The normalized spacial score (nSPS) is 12.5. The van der Waals surface area contributed by atoms with Crippen LogP contribution in [-0.2, 0) is 0 Å². The summed E-state index contributed by atoms with van der Waals surface area (Å²) in [5.74, 6) is -0.300. The van der Waals surface area contributed by atoms with E-state index in [0.717, 1.165) is 0 Å². The van der Waals surface area contributed by atoms with Gasteiger partial charge in [-0.3, -0.25) is 4.79 Å². The van der Waals surface area contributed by atoms with Gasteiger partial charge in [-0.25, -0.2) is 0 Å². The minimum Gasteiger partial charge on any atom is -0.396 e. The lowest BCUT2D eigenvalue weighted by molar-refractivity contribution is 0.0877. The van der Waals surface area contributed by atoms with E-state index < -0.39 is 0 Å². The zero-order chi connectivity index (χ0) is 8.97. The first-order valence-corrected chi connectivity index (χ1v) is 3.96. The Balaban J connectivity index is 2.79. The predicted molar refractivity (Wildman–Crippen MR) is 47.0 cm³/mol. The van der Waals surface area contributed by atoms with Gasteiger partial charge in [0.15, 0.2) is 5.78 Å². The summed E-state index contributed by atoms with van der Waals surface area (Å²) in [6.07, 6.45) is 0. The van der Waals surface area contributed by atoms with Gasteiger partial charge in [-0.05, 0) is 0 Å². The monoisotopic (exact) mass is 164 g/mol. The topological polar surface area (TPSA) is 37.3 Å². The third kappa shape index (κ3) is 1.92. The number of carbonyl (C=O) groups is 1. The van der Waals surface area contributed by atoms with Crippen molar-refractivity contribution in [3.8, 4) is 0 Å². The van der Waals surface area contributed by atoms with Crippen molar-refractivity contribution in [2.45, 2.75) is 6.92 Å². The molecule has 1 rings (SSSR count). The maximum absolute atomic E-state index is 11.4. The average Bonchev–Trinajstić information content (AvgIpc) is 2.17. The first-order chi connectivity index (χ1) is 5.75. The highest BCUT2D eigenvalue weighted by atomic mass is 16.3. The second kappa shape index (κ2) is 4.02. The van der Waals surface area contributed by atoms with Crippen LogP contribution in [0.3, 0.4) is 0 Å². The molecule has 0 saturated heterocycles. The van der Waals surface area contributed by atoms with Gasteiger partial charge in [0, 0.05) is 11.5 Å². The van der Waals surface area contributed by atoms with Crippen LogP contribution in [0.15, 0.2) is 30.3 Å². The summed E-state index contributed by atoms with van der Waals surface area (Å²) < 4.78 is 0. The van der Waals surface area contributed by atoms with Gasteiger partial charge >= 0.3 is 0 Å². The maximum atomic E-state index is 11.4. The number of ketones is 1. The van der Waals surface area contributed by atoms with Crippen LogP contribution < -0.4 is 0 Å². The van der Waals surface area contributed by atoms with E-state index in [9.17, 15) is 4.79 Å². The lowest BCUT2D eigenvalue weighted by atomic mass is 10.0. The van der Waals surface area contributed by atoms with Crippen molar-refractivity contribution < 1.29 is 9.90 Å². The molecule has 12 heavy (non-hydrogen) atoms. The highest BCUT2D eigenvalue weighted by Crippen LogP contribution is 2.07. The molecule has 1 aromatic rings. The Morgan fingerprint density at radius 2 is 2.00 bits per heavy atom. The first-order valence-electron chi connectivity index (χ1n) is 3.96. The van der Waals surface area contributed by atoms with Gasteiger partial charge in [0.25, 0.3) is 0 Å². The molecule has 0 fully saturated rings. The summed E-state index contributed by atoms with van der Waals surface area (Å²) in [5.41, 5.74) is 0.666. The van der Waals surface area contributed by atoms with Gasteiger partial charge in [-0.15, -0.1) is 0 Å². The van der Waals surface area contributed by atoms with Crippen LogP contribution in [0.5, 0.6) is 0 Å². The summed E-state index contributed by atoms with van der Waals surface area (Å²) >= 11 is 0. The van der Waals surface area contributed by atoms with Crippen molar-refractivity contribution in [1.82, 2.24) is 0 Å². The van der Waals surface area contributed by atoms with Crippen molar-refractivity contribution in [2.75, 3.05) is 6.61 Å². The number of aliphatic hydroxyl groups is 1. The maximum Gasteiger partial charge on any atom is 0.167 e. The lowest BCUT2D eigenvalue weighted by Gasteiger charge is -2.05. The van der Waals surface area contributed by atoms with Crippen LogP contribution in [-0.4, -0.2) is 17.5 Å². The third-order valence-electron chi connectivity index (χ3n) is 1.78. The highest BCUT2D eigenvalue weighted by Gasteiger charge is 2.12. The molecule has 0 unspecified atom stereocenters. The molecule has 0 radical (unpaired) electrons. The molecule has 0 heterocycles. The molecule has 0 bridgehead atoms. The largest absolute Gasteiger partial charge is 0.396 e. The third-order valence-corrected chi connectivity index (χ3v) is 1.78. The summed E-state index contributed by atoms with van der Waals surface area (Å²) in [6.45, 7) is 1.63. The molecular formula is C10H12O2. The Morgan fingerprint density at radius 1 is 1.42 bits per heavy atom. The predicted octanol–water partition coefficient (Wildman–Crippen LogP) is 1.50. The number of rotatable bonds is 3. The highest BCUT2D eigenvalue weighted by molar-refractivity contribution is 5.97. The molecule has 1 atom stereocenters. The molecule has 1 N–H and O–H groups in total. The van der Waals surface area contributed by atoms with E-state index in [0.29, 0.717) is 5.56 Å². The van der Waals surface area contributed by atoms with Crippen molar-refractivity contribution in [1.29, 1.82) is 0 Å². The van der Waals surface area contributed by atoms with Gasteiger partial charge in [0.2, 0.25) is 0 Å². The molecule has 0 aliphatic heterocycles. The number of benzene rings is 1. The fraction of sp³-hybridized carbons (Fsp3) is 0.300. The quantitative estimate of drug-likeness (QED) is 0.687. The van der Waals surface area contributed by atoms with E-state index in [-0.39, 0.29) is 18.3 Å². The lowest BCUT2D eigenvalue weighted by Crippen LogP contribution is -2.14. The Kier molecular flexibility index (Phi) is 3.00. The SMILES string of the molecule is C[C@@H](CO)C(=O)c1ccccc1. The molecule has 2 nitrogen and oxygen atoms in total. The van der Waals surface area contributed by atoms with Gasteiger partial charge < -0.3 is 5.11 Å². The van der Waals surface area contributed by atoms with Crippen LogP contribution in [0, 0.1) is 5.92 Å². The van der Waals surface area contributed by atoms with Crippen LogP contribution in [0.1, 0.15) is 17.3 Å². The summed E-state index contributed by atoms with van der Waals surface area (Å²) in [6, 6.07) is 9.01. The Hall–Kier alpha value is -1.15. The average molecular weight is 164 g/mol. The minimum absolute atomic E-state index is 0.00176. The second-order valence-electron chi connectivity index (χ2n) is 2.81. The smallest absolute Gasteiger partial charge is 0.167 e. The van der Waals surface area contributed by atoms with E-state index >= 15 is 0 Å². The number of hydrogen-bond acceptors (Lipinski definition) is 2. The fourth-order valence-electron chi connectivity index (χ4n) is 0.970. The second-order valence-corrected chi connectivity index (χ2v) is 2.81. The van der Waals surface area contributed by atoms with Gasteiger partial charge in [0.05, 0.1) is 6.61 Å². The molecule has 0 saturated carbocycles. The van der Waals surface area contributed by atoms with E-state index in [1.807, 2.05) is 18.2 Å². The molecule has 64 valence electrons. The van der Waals surface area contributed by atoms with Crippen molar-refractivity contribution in [3.63, 3.8) is 0 Å². The number of aliphatic hydroxyl groups excluding tert-OH is 1. The van der Waals surface area contributed by atoms with Crippen LogP contribution in [0.25, 0.3) is 0 Å². The van der Waals surface area contributed by atoms with E-state index in [1.165, 1.54) is 0 Å². The Labute approximate surface area is 71.8 Å². The van der Waals surface area contributed by atoms with Crippen molar-refractivity contribution >= 4 is 5.78 Å². The van der Waals surface area contributed by atoms with E-state index in [4.69, 9.17) is 5.11 Å². The van der Waals surface area contributed by atoms with Crippen LogP contribution in [0.2, 0.25) is 0 Å². The van der Waals surface area contributed by atoms with Gasteiger partial charge in [0.1, 0.15) is 0 Å². The van der Waals surface area contributed by atoms with E-state index in [1.54, 1.807) is 19.1 Å². The fourth-order valence-corrected chi connectivity index (χ4v) is 0.970. The van der Waals surface area contributed by atoms with E-state index in [2.05, 4.69) is 0 Å². The zero-order valence-electron chi connectivity index (χ0n) is 7.03. The zero-order valence-corrected chi connectivity index (χ0v) is 7.03. The molecular weight excluding hydrogens is 152 g/mol.